The van der Waals surface area contributed by atoms with Crippen LogP contribution < -0.4 is 5.73 Å². The third-order valence-corrected chi connectivity index (χ3v) is 6.37. The molecule has 1 atom stereocenters. The maximum atomic E-state index is 12.9. The zero-order valence-electron chi connectivity index (χ0n) is 14.2. The Morgan fingerprint density at radius 2 is 1.85 bits per heavy atom. The number of hydrogen-bond acceptors (Lipinski definition) is 3. The highest BCUT2D eigenvalue weighted by Crippen LogP contribution is 2.41. The summed E-state index contributed by atoms with van der Waals surface area (Å²) in [5.74, 6) is -0.191. The van der Waals surface area contributed by atoms with Crippen LogP contribution in [0.4, 0.5) is 13.2 Å². The van der Waals surface area contributed by atoms with E-state index in [1.807, 2.05) is 24.3 Å². The van der Waals surface area contributed by atoms with Crippen LogP contribution in [0.25, 0.3) is 5.57 Å². The van der Waals surface area contributed by atoms with E-state index in [2.05, 4.69) is 15.9 Å². The molecule has 0 saturated carbocycles. The van der Waals surface area contributed by atoms with Crippen LogP contribution >= 0.6 is 27.7 Å². The third kappa shape index (κ3) is 4.58. The zero-order valence-corrected chi connectivity index (χ0v) is 16.6. The van der Waals surface area contributed by atoms with Gasteiger partial charge < -0.3 is 5.73 Å². The van der Waals surface area contributed by atoms with Gasteiger partial charge in [-0.2, -0.15) is 13.2 Å². The second-order valence-corrected chi connectivity index (χ2v) is 8.37. The summed E-state index contributed by atoms with van der Waals surface area (Å²) in [4.78, 5) is 12.7. The number of thioether (sulfide) groups is 1. The minimum atomic E-state index is -4.46. The Morgan fingerprint density at radius 3 is 2.56 bits per heavy atom. The summed E-state index contributed by atoms with van der Waals surface area (Å²) in [6.07, 6.45) is -2.24. The van der Waals surface area contributed by atoms with Gasteiger partial charge in [0.2, 0.25) is 0 Å². The van der Waals surface area contributed by atoms with Crippen LogP contribution in [0, 0.1) is 0 Å². The van der Waals surface area contributed by atoms with Gasteiger partial charge in [-0.25, -0.2) is 0 Å². The quantitative estimate of drug-likeness (QED) is 0.618. The number of benzene rings is 2. The van der Waals surface area contributed by atoms with Gasteiger partial charge in [0.25, 0.3) is 0 Å². The van der Waals surface area contributed by atoms with E-state index in [9.17, 15) is 18.0 Å². The summed E-state index contributed by atoms with van der Waals surface area (Å²) in [7, 11) is 0. The number of hydrogen-bond donors (Lipinski definition) is 1. The van der Waals surface area contributed by atoms with Crippen molar-refractivity contribution < 1.29 is 18.0 Å². The van der Waals surface area contributed by atoms with E-state index in [-0.39, 0.29) is 22.2 Å². The molecule has 7 heteroatoms. The van der Waals surface area contributed by atoms with Gasteiger partial charge in [-0.3, -0.25) is 4.79 Å². The van der Waals surface area contributed by atoms with Crippen molar-refractivity contribution in [2.75, 3.05) is 0 Å². The maximum absolute atomic E-state index is 12.9. The Kier molecular flexibility index (Phi) is 6.01. The molecule has 0 bridgehead atoms. The zero-order chi connectivity index (χ0) is 19.6. The lowest BCUT2D eigenvalue weighted by Crippen LogP contribution is -2.14. The lowest BCUT2D eigenvalue weighted by Gasteiger charge is -2.11. The lowest BCUT2D eigenvalue weighted by atomic mass is 9.96. The predicted molar refractivity (Wildman–Crippen MR) is 106 cm³/mol. The molecule has 1 heterocycles. The Morgan fingerprint density at radius 1 is 1.11 bits per heavy atom. The molecule has 0 radical (unpaired) electrons. The van der Waals surface area contributed by atoms with Crippen LogP contribution in [0.2, 0.25) is 0 Å². The number of nitrogens with two attached hydrogens (primary N) is 1. The monoisotopic (exact) mass is 455 g/mol. The fraction of sp³-hybridized carbons (Fsp3) is 0.250. The van der Waals surface area contributed by atoms with Gasteiger partial charge in [-0.05, 0) is 48.6 Å². The van der Waals surface area contributed by atoms with Gasteiger partial charge in [0.1, 0.15) is 0 Å². The highest BCUT2D eigenvalue weighted by Gasteiger charge is 2.35. The molecule has 0 aliphatic carbocycles. The van der Waals surface area contributed by atoms with Crippen molar-refractivity contribution in [2.24, 2.45) is 5.73 Å². The fourth-order valence-corrected chi connectivity index (χ4v) is 4.69. The molecular formula is C20H17BrF3NOS. The predicted octanol–water partition coefficient (Wildman–Crippen LogP) is 5.80. The third-order valence-electron chi connectivity index (χ3n) is 4.40. The second-order valence-electron chi connectivity index (χ2n) is 6.27. The smallest absolute Gasteiger partial charge is 0.393 e. The number of allylic oxidation sites excluding steroid dienone is 1. The number of rotatable bonds is 5. The molecule has 0 amide bonds. The topological polar surface area (TPSA) is 43.1 Å². The highest BCUT2D eigenvalue weighted by molar-refractivity contribution is 9.10. The number of carbonyl (C=O) groups excluding carboxylic acids is 1. The summed E-state index contributed by atoms with van der Waals surface area (Å²) in [5, 5.41) is -0.0535. The first-order valence-electron chi connectivity index (χ1n) is 8.39. The van der Waals surface area contributed by atoms with E-state index in [1.54, 1.807) is 0 Å². The molecule has 142 valence electrons. The highest BCUT2D eigenvalue weighted by atomic mass is 79.9. The molecule has 2 N–H and O–H groups in total. The molecule has 1 aliphatic heterocycles. The number of carbonyl (C=O) groups is 1. The molecule has 0 aromatic heterocycles. The summed E-state index contributed by atoms with van der Waals surface area (Å²) >= 11 is 4.75. The summed E-state index contributed by atoms with van der Waals surface area (Å²) in [6, 6.07) is 12.7. The SMILES string of the molecule is NC1=C(c2cccc(C(F)(F)F)c2)C(=O)C(CCCc2ccccc2Br)S1. The van der Waals surface area contributed by atoms with Gasteiger partial charge in [-0.1, -0.05) is 58.0 Å². The molecule has 1 unspecified atom stereocenters. The van der Waals surface area contributed by atoms with E-state index >= 15 is 0 Å². The summed E-state index contributed by atoms with van der Waals surface area (Å²) < 4.78 is 39.9. The lowest BCUT2D eigenvalue weighted by molar-refractivity contribution is -0.137. The largest absolute Gasteiger partial charge is 0.416 e. The number of halogens is 4. The summed E-state index contributed by atoms with van der Waals surface area (Å²) in [6.45, 7) is 0. The molecule has 0 spiro atoms. The molecule has 2 nitrogen and oxygen atoms in total. The first-order valence-corrected chi connectivity index (χ1v) is 10.1. The molecule has 0 saturated heterocycles. The van der Waals surface area contributed by atoms with Crippen molar-refractivity contribution in [3.8, 4) is 0 Å². The molecule has 0 fully saturated rings. The first-order chi connectivity index (χ1) is 12.8. The average molecular weight is 456 g/mol. The van der Waals surface area contributed by atoms with Crippen LogP contribution in [-0.2, 0) is 17.4 Å². The van der Waals surface area contributed by atoms with Gasteiger partial charge in [0, 0.05) is 4.47 Å². The molecule has 2 aromatic carbocycles. The van der Waals surface area contributed by atoms with E-state index in [1.165, 1.54) is 23.9 Å². The molecule has 2 aromatic rings. The Bertz CT molecular complexity index is 895. The van der Waals surface area contributed by atoms with E-state index < -0.39 is 11.7 Å². The van der Waals surface area contributed by atoms with Gasteiger partial charge >= 0.3 is 6.18 Å². The van der Waals surface area contributed by atoms with Gasteiger partial charge in [-0.15, -0.1) is 0 Å². The van der Waals surface area contributed by atoms with Crippen LogP contribution in [0.3, 0.4) is 0 Å². The van der Waals surface area contributed by atoms with Crippen molar-refractivity contribution in [3.05, 3.63) is 74.7 Å². The van der Waals surface area contributed by atoms with Crippen LogP contribution in [0.1, 0.15) is 29.5 Å². The van der Waals surface area contributed by atoms with Gasteiger partial charge in [0.15, 0.2) is 5.78 Å². The number of aryl methyl sites for hydroxylation is 1. The number of alkyl halides is 3. The average Bonchev–Trinajstić information content (AvgIpc) is 2.90. The van der Waals surface area contributed by atoms with E-state index in [4.69, 9.17) is 5.73 Å². The Labute approximate surface area is 168 Å². The van der Waals surface area contributed by atoms with Crippen LogP contribution in [0.5, 0.6) is 0 Å². The maximum Gasteiger partial charge on any atom is 0.416 e. The molecule has 1 aliphatic rings. The fourth-order valence-electron chi connectivity index (χ4n) is 3.05. The van der Waals surface area contributed by atoms with E-state index in [0.29, 0.717) is 11.4 Å². The van der Waals surface area contributed by atoms with Gasteiger partial charge in [0.05, 0.1) is 21.4 Å². The number of ketones is 1. The normalized spacial score (nSPS) is 17.6. The Hall–Kier alpha value is -1.73. The summed E-state index contributed by atoms with van der Waals surface area (Å²) in [5.41, 5.74) is 6.80. The Balaban J connectivity index is 1.69. The first kappa shape index (κ1) is 20.0. The van der Waals surface area contributed by atoms with Crippen molar-refractivity contribution in [1.82, 2.24) is 0 Å². The van der Waals surface area contributed by atoms with Crippen molar-refractivity contribution in [1.29, 1.82) is 0 Å². The second kappa shape index (κ2) is 8.10. The minimum absolute atomic E-state index is 0.191. The van der Waals surface area contributed by atoms with Crippen LogP contribution in [0.15, 0.2) is 58.0 Å². The van der Waals surface area contributed by atoms with Crippen molar-refractivity contribution in [3.63, 3.8) is 0 Å². The standard InChI is InChI=1S/C20H17BrF3NOS/c21-15-9-2-1-5-12(15)6-4-10-16-18(26)17(19(25)27-16)13-7-3-8-14(11-13)20(22,23)24/h1-3,5,7-9,11,16H,4,6,10,25H2. The molecular weight excluding hydrogens is 439 g/mol. The van der Waals surface area contributed by atoms with E-state index in [0.717, 1.165) is 35.0 Å². The minimum Gasteiger partial charge on any atom is -0.393 e. The number of Topliss-reactive ketones (excluding diaryl/α,β-unsaturated/α-hetero) is 1. The van der Waals surface area contributed by atoms with Crippen molar-refractivity contribution >= 4 is 39.0 Å². The van der Waals surface area contributed by atoms with Crippen molar-refractivity contribution in [2.45, 2.75) is 30.7 Å². The molecule has 3 rings (SSSR count). The van der Waals surface area contributed by atoms with Crippen LogP contribution in [-0.4, -0.2) is 11.0 Å². The molecule has 27 heavy (non-hydrogen) atoms.